The Morgan fingerprint density at radius 1 is 1.06 bits per heavy atom. The second kappa shape index (κ2) is 7.67. The Morgan fingerprint density at radius 3 is 2.85 bits per heavy atom. The van der Waals surface area contributed by atoms with Gasteiger partial charge in [0.05, 0.1) is 16.9 Å². The smallest absolute Gasteiger partial charge is 0.162 e. The molecule has 0 spiro atoms. The predicted octanol–water partition coefficient (Wildman–Crippen LogP) is 5.12. The highest BCUT2D eigenvalue weighted by Gasteiger charge is 2.18. The molecule has 3 N–H and O–H groups in total. The van der Waals surface area contributed by atoms with Gasteiger partial charge in [0, 0.05) is 35.8 Å². The molecule has 0 atom stereocenters. The van der Waals surface area contributed by atoms with E-state index in [1.165, 1.54) is 0 Å². The van der Waals surface area contributed by atoms with E-state index < -0.39 is 0 Å². The summed E-state index contributed by atoms with van der Waals surface area (Å²) in [6.07, 6.45) is 12.8. The van der Waals surface area contributed by atoms with Gasteiger partial charge in [0.15, 0.2) is 17.2 Å². The van der Waals surface area contributed by atoms with Crippen LogP contribution in [-0.4, -0.2) is 41.2 Å². The monoisotopic (exact) mass is 434 g/mol. The lowest BCUT2D eigenvalue weighted by atomic mass is 10.1. The third kappa shape index (κ3) is 3.45. The first kappa shape index (κ1) is 19.4. The number of rotatable bonds is 5. The number of imidazole rings is 1. The number of fused-ring (bicyclic) bond motifs is 2. The Balaban J connectivity index is 1.45. The standard InChI is InChI=1S/C25H22N8/c1-14(2)28-17-11-16(12-26-13-17)19-7-8-20-22(29-19)23(33-32-20)25-30-21-18(15-5-3-4-6-15)9-10-27-24(21)31-25/h3,5-14,28H,4H2,1-2H3,(H,32,33)(H,27,30,31). The summed E-state index contributed by atoms with van der Waals surface area (Å²) in [7, 11) is 0. The van der Waals surface area contributed by atoms with Crippen LogP contribution in [0.15, 0.2) is 61.1 Å². The number of nitrogens with zero attached hydrogens (tertiary/aromatic N) is 5. The molecular weight excluding hydrogens is 412 g/mol. The Kier molecular flexibility index (Phi) is 4.50. The highest BCUT2D eigenvalue weighted by atomic mass is 15.2. The number of hydrogen-bond acceptors (Lipinski definition) is 6. The van der Waals surface area contributed by atoms with E-state index in [4.69, 9.17) is 9.97 Å². The summed E-state index contributed by atoms with van der Waals surface area (Å²) >= 11 is 0. The quantitative estimate of drug-likeness (QED) is 0.354. The first-order valence-corrected chi connectivity index (χ1v) is 10.9. The summed E-state index contributed by atoms with van der Waals surface area (Å²) in [5, 5.41) is 11.0. The van der Waals surface area contributed by atoms with Crippen LogP contribution in [0.4, 0.5) is 5.69 Å². The maximum Gasteiger partial charge on any atom is 0.162 e. The number of aromatic amines is 2. The second-order valence-electron chi connectivity index (χ2n) is 8.36. The summed E-state index contributed by atoms with van der Waals surface area (Å²) < 4.78 is 0. The lowest BCUT2D eigenvalue weighted by Crippen LogP contribution is -2.09. The molecule has 0 aromatic carbocycles. The SMILES string of the molecule is CC(C)Nc1cncc(-c2ccc3[nH]nc(-c4nc5c(C6=CCC=C6)ccnc5[nH]4)c3n2)c1. The van der Waals surface area contributed by atoms with E-state index in [0.717, 1.165) is 56.7 Å². The molecule has 5 aromatic rings. The molecule has 0 aliphatic heterocycles. The number of pyridine rings is 3. The van der Waals surface area contributed by atoms with Crippen molar-refractivity contribution in [2.24, 2.45) is 0 Å². The Labute approximate surface area is 189 Å². The molecule has 8 heteroatoms. The van der Waals surface area contributed by atoms with Crippen LogP contribution in [0.25, 0.3) is 50.5 Å². The molecule has 0 radical (unpaired) electrons. The first-order valence-electron chi connectivity index (χ1n) is 10.9. The number of hydrogen-bond donors (Lipinski definition) is 3. The van der Waals surface area contributed by atoms with Gasteiger partial charge in [-0.1, -0.05) is 18.2 Å². The number of nitrogens with one attached hydrogen (secondary N) is 3. The minimum atomic E-state index is 0.319. The molecule has 1 aliphatic carbocycles. The molecule has 1 aliphatic rings. The van der Waals surface area contributed by atoms with E-state index in [2.05, 4.69) is 68.6 Å². The van der Waals surface area contributed by atoms with Gasteiger partial charge in [0.1, 0.15) is 11.0 Å². The molecule has 0 saturated carbocycles. The van der Waals surface area contributed by atoms with Gasteiger partial charge >= 0.3 is 0 Å². The molecule has 0 saturated heterocycles. The Hall–Kier alpha value is -4.33. The van der Waals surface area contributed by atoms with Crippen molar-refractivity contribution in [3.8, 4) is 22.8 Å². The molecule has 0 amide bonds. The van der Waals surface area contributed by atoms with Crippen molar-refractivity contribution in [3.05, 3.63) is 66.6 Å². The Bertz CT molecular complexity index is 1550. The van der Waals surface area contributed by atoms with E-state index in [1.807, 2.05) is 30.6 Å². The molecule has 0 unspecified atom stereocenters. The minimum absolute atomic E-state index is 0.319. The van der Waals surface area contributed by atoms with Crippen molar-refractivity contribution in [1.82, 2.24) is 35.1 Å². The topological polar surface area (TPSA) is 108 Å². The molecule has 0 fully saturated rings. The van der Waals surface area contributed by atoms with Crippen LogP contribution < -0.4 is 5.32 Å². The fourth-order valence-electron chi connectivity index (χ4n) is 4.13. The van der Waals surface area contributed by atoms with Crippen molar-refractivity contribution in [2.75, 3.05) is 5.32 Å². The van der Waals surface area contributed by atoms with Crippen molar-refractivity contribution in [1.29, 1.82) is 0 Å². The average molecular weight is 435 g/mol. The predicted molar refractivity (Wildman–Crippen MR) is 130 cm³/mol. The van der Waals surface area contributed by atoms with E-state index in [0.29, 0.717) is 17.6 Å². The molecule has 0 bridgehead atoms. The summed E-state index contributed by atoms with van der Waals surface area (Å²) in [6, 6.07) is 8.33. The molecule has 5 heterocycles. The number of aromatic nitrogens is 7. The van der Waals surface area contributed by atoms with E-state index in [-0.39, 0.29) is 0 Å². The van der Waals surface area contributed by atoms with Gasteiger partial charge in [-0.3, -0.25) is 10.1 Å². The summed E-state index contributed by atoms with van der Waals surface area (Å²) in [5.41, 5.74) is 8.74. The van der Waals surface area contributed by atoms with Crippen LogP contribution in [0.5, 0.6) is 0 Å². The van der Waals surface area contributed by atoms with E-state index >= 15 is 0 Å². The van der Waals surface area contributed by atoms with E-state index in [1.54, 1.807) is 6.20 Å². The van der Waals surface area contributed by atoms with Gasteiger partial charge in [-0.05, 0) is 50.1 Å². The molecule has 162 valence electrons. The lowest BCUT2D eigenvalue weighted by molar-refractivity contribution is 0.898. The first-order chi connectivity index (χ1) is 16.2. The molecule has 33 heavy (non-hydrogen) atoms. The van der Waals surface area contributed by atoms with Gasteiger partial charge in [-0.2, -0.15) is 5.10 Å². The van der Waals surface area contributed by atoms with Crippen LogP contribution in [0.1, 0.15) is 25.8 Å². The van der Waals surface area contributed by atoms with Crippen molar-refractivity contribution in [2.45, 2.75) is 26.3 Å². The maximum absolute atomic E-state index is 4.91. The van der Waals surface area contributed by atoms with Gasteiger partial charge in [0.2, 0.25) is 0 Å². The molecule has 5 aromatic heterocycles. The van der Waals surface area contributed by atoms with Gasteiger partial charge in [-0.25, -0.2) is 15.0 Å². The summed E-state index contributed by atoms with van der Waals surface area (Å²) in [4.78, 5) is 21.9. The number of H-pyrrole nitrogens is 2. The van der Waals surface area contributed by atoms with Crippen molar-refractivity contribution in [3.63, 3.8) is 0 Å². The van der Waals surface area contributed by atoms with Crippen LogP contribution in [-0.2, 0) is 0 Å². The van der Waals surface area contributed by atoms with Crippen molar-refractivity contribution < 1.29 is 0 Å². The normalized spacial score (nSPS) is 13.4. The third-order valence-corrected chi connectivity index (χ3v) is 5.59. The zero-order valence-corrected chi connectivity index (χ0v) is 18.3. The van der Waals surface area contributed by atoms with Gasteiger partial charge < -0.3 is 10.3 Å². The fourth-order valence-corrected chi connectivity index (χ4v) is 4.13. The highest BCUT2D eigenvalue weighted by molar-refractivity contribution is 5.95. The highest BCUT2D eigenvalue weighted by Crippen LogP contribution is 2.31. The average Bonchev–Trinajstić information content (AvgIpc) is 3.57. The van der Waals surface area contributed by atoms with Crippen LogP contribution in [0, 0.1) is 0 Å². The van der Waals surface area contributed by atoms with Crippen LogP contribution in [0.3, 0.4) is 0 Å². The van der Waals surface area contributed by atoms with Crippen LogP contribution >= 0.6 is 0 Å². The number of anilines is 1. The van der Waals surface area contributed by atoms with Crippen molar-refractivity contribution >= 4 is 33.5 Å². The fraction of sp³-hybridized carbons (Fsp3) is 0.160. The molecular formula is C25H22N8. The minimum Gasteiger partial charge on any atom is -0.382 e. The zero-order chi connectivity index (χ0) is 22.4. The largest absolute Gasteiger partial charge is 0.382 e. The van der Waals surface area contributed by atoms with Crippen LogP contribution in [0.2, 0.25) is 0 Å². The zero-order valence-electron chi connectivity index (χ0n) is 18.3. The third-order valence-electron chi connectivity index (χ3n) is 5.59. The maximum atomic E-state index is 4.91. The van der Waals surface area contributed by atoms with Gasteiger partial charge in [0.25, 0.3) is 0 Å². The van der Waals surface area contributed by atoms with Gasteiger partial charge in [-0.15, -0.1) is 0 Å². The number of allylic oxidation sites excluding steroid dienone is 4. The summed E-state index contributed by atoms with van der Waals surface area (Å²) in [5.74, 6) is 0.636. The Morgan fingerprint density at radius 2 is 2.00 bits per heavy atom. The molecule has 6 rings (SSSR count). The molecule has 8 nitrogen and oxygen atoms in total. The van der Waals surface area contributed by atoms with E-state index in [9.17, 15) is 0 Å². The summed E-state index contributed by atoms with van der Waals surface area (Å²) in [6.45, 7) is 4.20. The lowest BCUT2D eigenvalue weighted by Gasteiger charge is -2.10. The second-order valence-corrected chi connectivity index (χ2v) is 8.36.